The maximum absolute atomic E-state index is 5.13. The third-order valence-electron chi connectivity index (χ3n) is 3.74. The van der Waals surface area contributed by atoms with Gasteiger partial charge in [0, 0.05) is 12.6 Å². The van der Waals surface area contributed by atoms with Gasteiger partial charge in [-0.25, -0.2) is 0 Å². The van der Waals surface area contributed by atoms with Crippen LogP contribution in [-0.4, -0.2) is 29.1 Å². The molecule has 1 saturated carbocycles. The van der Waals surface area contributed by atoms with Crippen molar-refractivity contribution in [1.82, 2.24) is 15.0 Å². The second-order valence-corrected chi connectivity index (χ2v) is 4.97. The molecule has 1 heterocycles. The van der Waals surface area contributed by atoms with Crippen molar-refractivity contribution in [2.24, 2.45) is 0 Å². The largest absolute Gasteiger partial charge is 0.467 e. The molecule has 5 heteroatoms. The summed E-state index contributed by atoms with van der Waals surface area (Å²) in [5.41, 5.74) is 2.38. The van der Waals surface area contributed by atoms with Crippen LogP contribution in [0, 0.1) is 0 Å². The summed E-state index contributed by atoms with van der Waals surface area (Å²) in [5, 5.41) is 2.93. The van der Waals surface area contributed by atoms with Gasteiger partial charge in [0.1, 0.15) is 0 Å². The Morgan fingerprint density at radius 2 is 2.05 bits per heavy atom. The molecule has 0 atom stereocenters. The fourth-order valence-corrected chi connectivity index (χ4v) is 2.36. The van der Waals surface area contributed by atoms with Gasteiger partial charge in [-0.05, 0) is 30.4 Å². The lowest BCUT2D eigenvalue weighted by atomic mass is 9.80. The normalized spacial score (nSPS) is 14.7. The molecule has 0 amide bonds. The molecule has 1 aromatic carbocycles. The van der Waals surface area contributed by atoms with E-state index < -0.39 is 0 Å². The Hall–Kier alpha value is -2.17. The summed E-state index contributed by atoms with van der Waals surface area (Å²) in [4.78, 5) is 12.9. The molecule has 0 aliphatic heterocycles. The first-order valence-electron chi connectivity index (χ1n) is 6.88. The summed E-state index contributed by atoms with van der Waals surface area (Å²) >= 11 is 0. The number of ether oxygens (including phenoxy) is 1. The number of nitrogens with zero attached hydrogens (tertiary/aromatic N) is 3. The van der Waals surface area contributed by atoms with Gasteiger partial charge in [0.05, 0.1) is 7.11 Å². The molecule has 104 valence electrons. The number of hydrogen-bond acceptors (Lipinski definition) is 5. The molecule has 3 rings (SSSR count). The quantitative estimate of drug-likeness (QED) is 0.925. The Kier molecular flexibility index (Phi) is 3.50. The average Bonchev–Trinajstić information content (AvgIpc) is 2.45. The molecule has 0 unspecified atom stereocenters. The SMILES string of the molecule is CNc1nc(OC)nc(-c2cccc(C3CCC3)c2)n1. The molecule has 1 aromatic heterocycles. The van der Waals surface area contributed by atoms with Gasteiger partial charge < -0.3 is 10.1 Å². The van der Waals surface area contributed by atoms with E-state index in [0.29, 0.717) is 23.7 Å². The molecule has 0 spiro atoms. The number of aromatic nitrogens is 3. The van der Waals surface area contributed by atoms with E-state index in [2.05, 4.69) is 38.5 Å². The first kappa shape index (κ1) is 12.8. The van der Waals surface area contributed by atoms with Crippen LogP contribution in [-0.2, 0) is 0 Å². The summed E-state index contributed by atoms with van der Waals surface area (Å²) < 4.78 is 5.13. The fraction of sp³-hybridized carbons (Fsp3) is 0.400. The van der Waals surface area contributed by atoms with Crippen molar-refractivity contribution in [1.29, 1.82) is 0 Å². The van der Waals surface area contributed by atoms with Crippen LogP contribution in [0.2, 0.25) is 0 Å². The number of hydrogen-bond donors (Lipinski definition) is 1. The van der Waals surface area contributed by atoms with Gasteiger partial charge in [-0.3, -0.25) is 0 Å². The lowest BCUT2D eigenvalue weighted by molar-refractivity contribution is 0.379. The number of benzene rings is 1. The van der Waals surface area contributed by atoms with Crippen molar-refractivity contribution in [3.05, 3.63) is 29.8 Å². The van der Waals surface area contributed by atoms with Crippen LogP contribution in [0.1, 0.15) is 30.7 Å². The second-order valence-electron chi connectivity index (χ2n) is 4.97. The molecule has 2 aromatic rings. The third-order valence-corrected chi connectivity index (χ3v) is 3.74. The first-order chi connectivity index (χ1) is 9.80. The van der Waals surface area contributed by atoms with Gasteiger partial charge in [-0.15, -0.1) is 0 Å². The van der Waals surface area contributed by atoms with Gasteiger partial charge in [0.25, 0.3) is 0 Å². The predicted octanol–water partition coefficient (Wildman–Crippen LogP) is 2.86. The highest BCUT2D eigenvalue weighted by Crippen LogP contribution is 2.37. The van der Waals surface area contributed by atoms with Crippen molar-refractivity contribution in [2.45, 2.75) is 25.2 Å². The van der Waals surface area contributed by atoms with Gasteiger partial charge >= 0.3 is 6.01 Å². The number of methoxy groups -OCH3 is 1. The highest BCUT2D eigenvalue weighted by molar-refractivity contribution is 5.58. The molecule has 0 bridgehead atoms. The molecule has 0 radical (unpaired) electrons. The zero-order valence-corrected chi connectivity index (χ0v) is 11.8. The first-order valence-corrected chi connectivity index (χ1v) is 6.88. The van der Waals surface area contributed by atoms with Crippen LogP contribution in [0.3, 0.4) is 0 Å². The van der Waals surface area contributed by atoms with E-state index in [4.69, 9.17) is 4.74 Å². The predicted molar refractivity (Wildman–Crippen MR) is 78.0 cm³/mol. The molecule has 20 heavy (non-hydrogen) atoms. The maximum Gasteiger partial charge on any atom is 0.321 e. The van der Waals surface area contributed by atoms with E-state index in [1.165, 1.54) is 24.8 Å². The van der Waals surface area contributed by atoms with Crippen LogP contribution in [0.15, 0.2) is 24.3 Å². The lowest BCUT2D eigenvalue weighted by Gasteiger charge is -2.26. The van der Waals surface area contributed by atoms with Gasteiger partial charge in [0.2, 0.25) is 5.95 Å². The molecule has 0 saturated heterocycles. The van der Waals surface area contributed by atoms with Crippen LogP contribution in [0.5, 0.6) is 6.01 Å². The Labute approximate surface area is 118 Å². The van der Waals surface area contributed by atoms with E-state index >= 15 is 0 Å². The van der Waals surface area contributed by atoms with Crippen molar-refractivity contribution < 1.29 is 4.74 Å². The van der Waals surface area contributed by atoms with Crippen LogP contribution in [0.4, 0.5) is 5.95 Å². The van der Waals surface area contributed by atoms with E-state index in [9.17, 15) is 0 Å². The van der Waals surface area contributed by atoms with Gasteiger partial charge in [-0.1, -0.05) is 24.6 Å². The minimum atomic E-state index is 0.327. The topological polar surface area (TPSA) is 59.9 Å². The Bertz CT molecular complexity index is 588. The zero-order valence-electron chi connectivity index (χ0n) is 11.8. The smallest absolute Gasteiger partial charge is 0.321 e. The highest BCUT2D eigenvalue weighted by atomic mass is 16.5. The van der Waals surface area contributed by atoms with Crippen molar-refractivity contribution in [2.75, 3.05) is 19.5 Å². The monoisotopic (exact) mass is 270 g/mol. The van der Waals surface area contributed by atoms with E-state index in [-0.39, 0.29) is 0 Å². The maximum atomic E-state index is 5.13. The van der Waals surface area contributed by atoms with Crippen molar-refractivity contribution >= 4 is 5.95 Å². The summed E-state index contributed by atoms with van der Waals surface area (Å²) in [7, 11) is 3.34. The van der Waals surface area contributed by atoms with Crippen LogP contribution in [0.25, 0.3) is 11.4 Å². The van der Waals surface area contributed by atoms with Crippen molar-refractivity contribution in [3.63, 3.8) is 0 Å². The molecule has 1 N–H and O–H groups in total. The van der Waals surface area contributed by atoms with Gasteiger partial charge in [0.15, 0.2) is 5.82 Å². The second kappa shape index (κ2) is 5.45. The summed E-state index contributed by atoms with van der Waals surface area (Å²) in [6, 6.07) is 8.78. The lowest BCUT2D eigenvalue weighted by Crippen LogP contribution is -2.09. The summed E-state index contributed by atoms with van der Waals surface area (Å²) in [6.45, 7) is 0. The minimum Gasteiger partial charge on any atom is -0.467 e. The molecule has 1 fully saturated rings. The molecule has 1 aliphatic rings. The molecule has 5 nitrogen and oxygen atoms in total. The third kappa shape index (κ3) is 2.43. The molecular formula is C15H18N4O. The molecule has 1 aliphatic carbocycles. The average molecular weight is 270 g/mol. The van der Waals surface area contributed by atoms with Crippen LogP contribution < -0.4 is 10.1 Å². The standard InChI is InChI=1S/C15H18N4O/c1-16-14-17-13(18-15(19-14)20-2)12-8-4-7-11(9-12)10-5-3-6-10/h4,7-10H,3,5-6H2,1-2H3,(H,16,17,18,19). The Morgan fingerprint density at radius 1 is 1.20 bits per heavy atom. The highest BCUT2D eigenvalue weighted by Gasteiger charge is 2.20. The number of nitrogens with one attached hydrogen (secondary N) is 1. The number of anilines is 1. The summed E-state index contributed by atoms with van der Waals surface area (Å²) in [5.74, 6) is 1.85. The number of rotatable bonds is 4. The Balaban J connectivity index is 1.99. The Morgan fingerprint density at radius 3 is 2.70 bits per heavy atom. The van der Waals surface area contributed by atoms with E-state index in [1.54, 1.807) is 14.2 Å². The summed E-state index contributed by atoms with van der Waals surface area (Å²) in [6.07, 6.45) is 3.90. The fourth-order valence-electron chi connectivity index (χ4n) is 2.36. The van der Waals surface area contributed by atoms with Crippen LogP contribution >= 0.6 is 0 Å². The minimum absolute atomic E-state index is 0.327. The van der Waals surface area contributed by atoms with Crippen molar-refractivity contribution in [3.8, 4) is 17.4 Å². The van der Waals surface area contributed by atoms with E-state index in [0.717, 1.165) is 5.56 Å². The van der Waals surface area contributed by atoms with Gasteiger partial charge in [-0.2, -0.15) is 15.0 Å². The zero-order chi connectivity index (χ0) is 13.9. The molecular weight excluding hydrogens is 252 g/mol. The van der Waals surface area contributed by atoms with E-state index in [1.807, 2.05) is 6.07 Å².